The highest BCUT2D eigenvalue weighted by Gasteiger charge is 2.20. The molecule has 0 aliphatic carbocycles. The second-order valence-electron chi connectivity index (χ2n) is 14.4. The molecule has 3 aromatic heterocycles. The number of hydrogen-bond acceptors (Lipinski definition) is 3. The minimum atomic E-state index is 0.693. The van der Waals surface area contributed by atoms with Crippen molar-refractivity contribution in [1.82, 2.24) is 19.5 Å². The number of benzene rings is 8. The molecule has 0 amide bonds. The molecule has 0 saturated carbocycles. The molecular formula is C53H34N4. The van der Waals surface area contributed by atoms with Crippen LogP contribution in [0.1, 0.15) is 0 Å². The molecule has 0 fully saturated rings. The summed E-state index contributed by atoms with van der Waals surface area (Å²) in [5, 5.41) is 5.93. The first-order valence-corrected chi connectivity index (χ1v) is 19.3. The van der Waals surface area contributed by atoms with Crippen molar-refractivity contribution in [3.8, 4) is 62.0 Å². The highest BCUT2D eigenvalue weighted by Crippen LogP contribution is 2.42. The Hall–Kier alpha value is -7.69. The van der Waals surface area contributed by atoms with Crippen molar-refractivity contribution in [2.75, 3.05) is 0 Å². The van der Waals surface area contributed by atoms with Gasteiger partial charge < -0.3 is 4.57 Å². The maximum atomic E-state index is 5.23. The van der Waals surface area contributed by atoms with Gasteiger partial charge in [-0.2, -0.15) is 0 Å². The maximum absolute atomic E-state index is 5.23. The molecule has 3 heterocycles. The molecule has 266 valence electrons. The van der Waals surface area contributed by atoms with Crippen LogP contribution in [-0.4, -0.2) is 19.5 Å². The van der Waals surface area contributed by atoms with Gasteiger partial charge in [0.05, 0.1) is 33.6 Å². The first-order chi connectivity index (χ1) is 28.3. The van der Waals surface area contributed by atoms with E-state index in [1.807, 2.05) is 24.3 Å². The van der Waals surface area contributed by atoms with Gasteiger partial charge in [-0.05, 0) is 47.5 Å². The predicted octanol–water partition coefficient (Wildman–Crippen LogP) is 13.6. The minimum Gasteiger partial charge on any atom is -0.309 e. The van der Waals surface area contributed by atoms with Gasteiger partial charge in [0.1, 0.15) is 0 Å². The van der Waals surface area contributed by atoms with Crippen LogP contribution in [0.3, 0.4) is 0 Å². The summed E-state index contributed by atoms with van der Waals surface area (Å²) in [6, 6.07) is 72.5. The van der Waals surface area contributed by atoms with E-state index in [2.05, 4.69) is 187 Å². The van der Waals surface area contributed by atoms with Crippen molar-refractivity contribution in [2.24, 2.45) is 0 Å². The van der Waals surface area contributed by atoms with Gasteiger partial charge >= 0.3 is 0 Å². The average molecular weight is 727 g/mol. The molecular weight excluding hydrogens is 693 g/mol. The van der Waals surface area contributed by atoms with Crippen molar-refractivity contribution in [3.05, 3.63) is 206 Å². The fourth-order valence-corrected chi connectivity index (χ4v) is 8.32. The first-order valence-electron chi connectivity index (χ1n) is 19.3. The van der Waals surface area contributed by atoms with Crippen molar-refractivity contribution in [1.29, 1.82) is 0 Å². The van der Waals surface area contributed by atoms with Gasteiger partial charge in [0.15, 0.2) is 5.82 Å². The highest BCUT2D eigenvalue weighted by atomic mass is 15.0. The molecule has 0 radical (unpaired) electrons. The Balaban J connectivity index is 1.11. The second-order valence-corrected chi connectivity index (χ2v) is 14.4. The number of hydrogen-bond donors (Lipinski definition) is 0. The van der Waals surface area contributed by atoms with Gasteiger partial charge in [0.25, 0.3) is 0 Å². The number of fused-ring (bicyclic) bond motifs is 7. The number of para-hydroxylation sites is 2. The molecule has 0 unspecified atom stereocenters. The Kier molecular flexibility index (Phi) is 7.78. The van der Waals surface area contributed by atoms with Crippen molar-refractivity contribution in [3.63, 3.8) is 0 Å². The quantitative estimate of drug-likeness (QED) is 0.160. The fraction of sp³-hybridized carbons (Fsp3) is 0. The van der Waals surface area contributed by atoms with Gasteiger partial charge in [-0.3, -0.25) is 0 Å². The highest BCUT2D eigenvalue weighted by molar-refractivity contribution is 6.29. The lowest BCUT2D eigenvalue weighted by molar-refractivity contribution is 1.16. The summed E-state index contributed by atoms with van der Waals surface area (Å²) >= 11 is 0. The summed E-state index contributed by atoms with van der Waals surface area (Å²) in [6.07, 6.45) is 0. The van der Waals surface area contributed by atoms with Crippen LogP contribution >= 0.6 is 0 Å². The van der Waals surface area contributed by atoms with Gasteiger partial charge in [0, 0.05) is 54.9 Å². The molecule has 0 aliphatic rings. The summed E-state index contributed by atoms with van der Waals surface area (Å²) in [5.74, 6) is 0.693. The average Bonchev–Trinajstić information content (AvgIpc) is 3.64. The van der Waals surface area contributed by atoms with E-state index in [0.717, 1.165) is 72.3 Å². The van der Waals surface area contributed by atoms with Gasteiger partial charge in [-0.1, -0.05) is 170 Å². The van der Waals surface area contributed by atoms with E-state index < -0.39 is 0 Å². The van der Waals surface area contributed by atoms with Gasteiger partial charge in [0.2, 0.25) is 0 Å². The maximum Gasteiger partial charge on any atom is 0.160 e. The first kappa shape index (κ1) is 32.7. The Labute approximate surface area is 330 Å². The third-order valence-corrected chi connectivity index (χ3v) is 11.0. The molecule has 4 heteroatoms. The largest absolute Gasteiger partial charge is 0.309 e. The zero-order valence-electron chi connectivity index (χ0n) is 30.9. The molecule has 8 aromatic carbocycles. The number of nitrogens with zero attached hydrogens (tertiary/aromatic N) is 4. The van der Waals surface area contributed by atoms with Crippen molar-refractivity contribution in [2.45, 2.75) is 0 Å². The monoisotopic (exact) mass is 726 g/mol. The van der Waals surface area contributed by atoms with E-state index in [9.17, 15) is 0 Å². The lowest BCUT2D eigenvalue weighted by Gasteiger charge is -2.14. The summed E-state index contributed by atoms with van der Waals surface area (Å²) < 4.78 is 2.40. The van der Waals surface area contributed by atoms with E-state index in [4.69, 9.17) is 15.0 Å². The van der Waals surface area contributed by atoms with E-state index in [0.29, 0.717) is 5.82 Å². The van der Waals surface area contributed by atoms with E-state index in [-0.39, 0.29) is 0 Å². The van der Waals surface area contributed by atoms with Crippen LogP contribution in [0.15, 0.2) is 206 Å². The SMILES string of the molecule is c1ccc(-c2ccc(-c3cc(-c4cccc(-n5c6ccccc6c6c7c(ccc65)c(-c5ccccc5)nc5ccccc57)c4)nc(-c4ccccc4)n3)cc2)cc1. The predicted molar refractivity (Wildman–Crippen MR) is 236 cm³/mol. The van der Waals surface area contributed by atoms with E-state index >= 15 is 0 Å². The number of pyridine rings is 1. The van der Waals surface area contributed by atoms with Crippen LogP contribution in [0.5, 0.6) is 0 Å². The zero-order chi connectivity index (χ0) is 37.7. The van der Waals surface area contributed by atoms with E-state index in [1.165, 1.54) is 27.3 Å². The second kappa shape index (κ2) is 13.6. The zero-order valence-corrected chi connectivity index (χ0v) is 30.9. The molecule has 0 saturated heterocycles. The smallest absolute Gasteiger partial charge is 0.160 e. The van der Waals surface area contributed by atoms with Crippen LogP contribution in [-0.2, 0) is 0 Å². The van der Waals surface area contributed by atoms with Gasteiger partial charge in [-0.25, -0.2) is 15.0 Å². The molecule has 11 aromatic rings. The number of aromatic nitrogens is 4. The summed E-state index contributed by atoms with van der Waals surface area (Å²) in [7, 11) is 0. The van der Waals surface area contributed by atoms with Gasteiger partial charge in [-0.15, -0.1) is 0 Å². The molecule has 0 spiro atoms. The minimum absolute atomic E-state index is 0.693. The lowest BCUT2D eigenvalue weighted by Crippen LogP contribution is -1.98. The van der Waals surface area contributed by atoms with Crippen LogP contribution in [0.4, 0.5) is 0 Å². The van der Waals surface area contributed by atoms with Crippen LogP contribution in [0.25, 0.3) is 105 Å². The standard InChI is InChI=1S/C53H34N4/c1-4-15-35(16-5-1)36-27-29-37(30-28-36)46-34-47(56-53(55-46)39-19-8-3-9-20-39)40-21-14-22-41(33-40)57-48-26-13-11-24-43(48)51-49(57)32-31-44-50(51)42-23-10-12-25-45(42)54-52(44)38-17-6-2-7-18-38/h1-34H. The molecule has 11 rings (SSSR count). The third kappa shape index (κ3) is 5.66. The van der Waals surface area contributed by atoms with E-state index in [1.54, 1.807) is 0 Å². The Morgan fingerprint density at radius 3 is 1.65 bits per heavy atom. The van der Waals surface area contributed by atoms with Crippen LogP contribution in [0.2, 0.25) is 0 Å². The lowest BCUT2D eigenvalue weighted by atomic mass is 9.96. The summed E-state index contributed by atoms with van der Waals surface area (Å²) in [6.45, 7) is 0. The molecule has 0 atom stereocenters. The summed E-state index contributed by atoms with van der Waals surface area (Å²) in [5.41, 5.74) is 13.6. The van der Waals surface area contributed by atoms with Crippen molar-refractivity contribution < 1.29 is 0 Å². The molecule has 0 N–H and O–H groups in total. The number of rotatable bonds is 6. The Morgan fingerprint density at radius 2 is 0.895 bits per heavy atom. The topological polar surface area (TPSA) is 43.6 Å². The Bertz CT molecular complexity index is 3260. The van der Waals surface area contributed by atoms with Crippen LogP contribution in [0, 0.1) is 0 Å². The third-order valence-electron chi connectivity index (χ3n) is 11.0. The molecule has 0 bridgehead atoms. The van der Waals surface area contributed by atoms with Crippen LogP contribution < -0.4 is 0 Å². The fourth-order valence-electron chi connectivity index (χ4n) is 8.32. The molecule has 0 aliphatic heterocycles. The molecule has 57 heavy (non-hydrogen) atoms. The summed E-state index contributed by atoms with van der Waals surface area (Å²) in [4.78, 5) is 15.5. The Morgan fingerprint density at radius 1 is 0.316 bits per heavy atom. The molecule has 4 nitrogen and oxygen atoms in total. The normalized spacial score (nSPS) is 11.5. The van der Waals surface area contributed by atoms with Crippen molar-refractivity contribution >= 4 is 43.5 Å².